The van der Waals surface area contributed by atoms with Crippen LogP contribution in [-0.4, -0.2) is 11.3 Å². The zero-order valence-electron chi connectivity index (χ0n) is 11.7. The second-order valence-electron chi connectivity index (χ2n) is 4.63. The number of ether oxygens (including phenoxy) is 1. The first-order chi connectivity index (χ1) is 11.1. The number of halogens is 6. The van der Waals surface area contributed by atoms with Crippen LogP contribution in [0.15, 0.2) is 36.5 Å². The zero-order chi connectivity index (χ0) is 18.0. The number of nitrogens with zero attached hydrogens (tertiary/aromatic N) is 2. The highest BCUT2D eigenvalue weighted by molar-refractivity contribution is 5.62. The minimum atomic E-state index is -4.89. The number of aromatic nitrogens is 1. The van der Waals surface area contributed by atoms with Crippen molar-refractivity contribution >= 4 is 0 Å². The molecule has 9 heteroatoms. The van der Waals surface area contributed by atoms with E-state index >= 15 is 0 Å². The first-order valence-corrected chi connectivity index (χ1v) is 6.39. The molecule has 2 rings (SSSR count). The van der Waals surface area contributed by atoms with Crippen LogP contribution in [0.4, 0.5) is 26.3 Å². The molecule has 3 nitrogen and oxygen atoms in total. The Labute approximate surface area is 132 Å². The number of pyridine rings is 1. The van der Waals surface area contributed by atoms with Crippen LogP contribution in [-0.2, 0) is 12.6 Å². The van der Waals surface area contributed by atoms with Crippen LogP contribution in [0.2, 0.25) is 0 Å². The Morgan fingerprint density at radius 3 is 2.38 bits per heavy atom. The Hall–Kier alpha value is -2.76. The number of alkyl halides is 6. The van der Waals surface area contributed by atoms with Crippen LogP contribution in [0, 0.1) is 11.3 Å². The first kappa shape index (κ1) is 17.6. The van der Waals surface area contributed by atoms with Crippen molar-refractivity contribution < 1.29 is 31.1 Å². The lowest BCUT2D eigenvalue weighted by atomic mass is 10.0. The maximum Gasteiger partial charge on any atom is 0.573 e. The van der Waals surface area contributed by atoms with E-state index in [0.717, 1.165) is 18.2 Å². The summed E-state index contributed by atoms with van der Waals surface area (Å²) in [5.41, 5.74) is -1.24. The molecular formula is C15H8F6N2O. The van der Waals surface area contributed by atoms with Gasteiger partial charge in [0.25, 0.3) is 0 Å². The topological polar surface area (TPSA) is 45.9 Å². The lowest BCUT2D eigenvalue weighted by Crippen LogP contribution is -2.17. The van der Waals surface area contributed by atoms with Crippen LogP contribution in [0.5, 0.6) is 5.75 Å². The Balaban J connectivity index is 2.45. The lowest BCUT2D eigenvalue weighted by Gasteiger charge is -2.13. The van der Waals surface area contributed by atoms with Gasteiger partial charge in [-0.2, -0.15) is 18.4 Å². The SMILES string of the molecule is N#CCc1cc(-c2cccc(OC(F)(F)F)c2)ncc1C(F)(F)F. The first-order valence-electron chi connectivity index (χ1n) is 6.39. The third-order valence-corrected chi connectivity index (χ3v) is 2.93. The van der Waals surface area contributed by atoms with E-state index in [-0.39, 0.29) is 16.8 Å². The van der Waals surface area contributed by atoms with Gasteiger partial charge in [-0.05, 0) is 23.8 Å². The van der Waals surface area contributed by atoms with E-state index in [4.69, 9.17) is 5.26 Å². The Kier molecular flexibility index (Phi) is 4.68. The van der Waals surface area contributed by atoms with Gasteiger partial charge in [-0.1, -0.05) is 12.1 Å². The van der Waals surface area contributed by atoms with Crippen molar-refractivity contribution in [1.82, 2.24) is 4.98 Å². The summed E-state index contributed by atoms with van der Waals surface area (Å²) in [6.07, 6.45) is -9.53. The maximum absolute atomic E-state index is 12.9. The summed E-state index contributed by atoms with van der Waals surface area (Å²) in [7, 11) is 0. The van der Waals surface area contributed by atoms with Crippen LogP contribution in [0.25, 0.3) is 11.3 Å². The quantitative estimate of drug-likeness (QED) is 0.755. The number of nitriles is 1. The van der Waals surface area contributed by atoms with Gasteiger partial charge in [0.2, 0.25) is 0 Å². The molecule has 0 unspecified atom stereocenters. The fourth-order valence-corrected chi connectivity index (χ4v) is 1.99. The van der Waals surface area contributed by atoms with Gasteiger partial charge in [0, 0.05) is 11.8 Å². The molecule has 0 radical (unpaired) electrons. The summed E-state index contributed by atoms with van der Waals surface area (Å²) < 4.78 is 79.0. The van der Waals surface area contributed by atoms with Crippen LogP contribution in [0.1, 0.15) is 11.1 Å². The fraction of sp³-hybridized carbons (Fsp3) is 0.200. The molecular weight excluding hydrogens is 338 g/mol. The van der Waals surface area contributed by atoms with E-state index in [0.29, 0.717) is 6.20 Å². The molecule has 0 bridgehead atoms. The van der Waals surface area contributed by atoms with Gasteiger partial charge in [0.05, 0.1) is 23.7 Å². The Bertz CT molecular complexity index is 777. The number of hydrogen-bond acceptors (Lipinski definition) is 3. The molecule has 0 aliphatic carbocycles. The van der Waals surface area contributed by atoms with E-state index < -0.39 is 30.3 Å². The third-order valence-electron chi connectivity index (χ3n) is 2.93. The third kappa shape index (κ3) is 4.38. The average Bonchev–Trinajstić information content (AvgIpc) is 2.45. The Morgan fingerprint density at radius 1 is 1.08 bits per heavy atom. The van der Waals surface area contributed by atoms with Crippen LogP contribution < -0.4 is 4.74 Å². The smallest absolute Gasteiger partial charge is 0.406 e. The monoisotopic (exact) mass is 346 g/mol. The highest BCUT2D eigenvalue weighted by Gasteiger charge is 2.34. The Morgan fingerprint density at radius 2 is 1.79 bits per heavy atom. The second-order valence-corrected chi connectivity index (χ2v) is 4.63. The summed E-state index contributed by atoms with van der Waals surface area (Å²) in [5, 5.41) is 8.66. The molecule has 24 heavy (non-hydrogen) atoms. The van der Waals surface area contributed by atoms with Crippen molar-refractivity contribution in [2.75, 3.05) is 0 Å². The van der Waals surface area contributed by atoms with Gasteiger partial charge in [-0.3, -0.25) is 4.98 Å². The minimum absolute atomic E-state index is 0.000810. The van der Waals surface area contributed by atoms with Gasteiger partial charge in [-0.25, -0.2) is 0 Å². The molecule has 0 aliphatic heterocycles. The molecule has 0 fully saturated rings. The highest BCUT2D eigenvalue weighted by atomic mass is 19.4. The molecule has 0 saturated carbocycles. The minimum Gasteiger partial charge on any atom is -0.406 e. The standard InChI is InChI=1S/C15H8F6N2O/c16-14(17,18)12-8-23-13(7-9(12)4-5-22)10-2-1-3-11(6-10)24-15(19,20)21/h1-3,6-8H,4H2. The number of hydrogen-bond donors (Lipinski definition) is 0. The molecule has 1 heterocycles. The van der Waals surface area contributed by atoms with Crippen LogP contribution >= 0.6 is 0 Å². The van der Waals surface area contributed by atoms with Gasteiger partial charge in [-0.15, -0.1) is 13.2 Å². The molecule has 0 N–H and O–H groups in total. The summed E-state index contributed by atoms with van der Waals surface area (Å²) in [6.45, 7) is 0. The second kappa shape index (κ2) is 6.39. The summed E-state index contributed by atoms with van der Waals surface area (Å²) in [5.74, 6) is -0.525. The zero-order valence-corrected chi connectivity index (χ0v) is 11.7. The number of rotatable bonds is 3. The molecule has 0 saturated heterocycles. The van der Waals surface area contributed by atoms with Gasteiger partial charge < -0.3 is 4.74 Å². The fourth-order valence-electron chi connectivity index (χ4n) is 1.99. The van der Waals surface area contributed by atoms with E-state index in [1.807, 2.05) is 0 Å². The average molecular weight is 346 g/mol. The van der Waals surface area contributed by atoms with Gasteiger partial charge >= 0.3 is 12.5 Å². The highest BCUT2D eigenvalue weighted by Crippen LogP contribution is 2.34. The van der Waals surface area contributed by atoms with Crippen molar-refractivity contribution in [3.05, 3.63) is 47.7 Å². The van der Waals surface area contributed by atoms with Crippen molar-refractivity contribution in [2.24, 2.45) is 0 Å². The van der Waals surface area contributed by atoms with Crippen molar-refractivity contribution in [3.8, 4) is 23.1 Å². The predicted octanol–water partition coefficient (Wildman–Crippen LogP) is 4.73. The van der Waals surface area contributed by atoms with Crippen molar-refractivity contribution in [1.29, 1.82) is 5.26 Å². The summed E-state index contributed by atoms with van der Waals surface area (Å²) in [6, 6.07) is 7.31. The largest absolute Gasteiger partial charge is 0.573 e. The van der Waals surface area contributed by atoms with E-state index in [9.17, 15) is 26.3 Å². The molecule has 0 amide bonds. The van der Waals surface area contributed by atoms with Crippen molar-refractivity contribution in [3.63, 3.8) is 0 Å². The molecule has 126 valence electrons. The summed E-state index contributed by atoms with van der Waals surface area (Å²) in [4.78, 5) is 3.63. The van der Waals surface area contributed by atoms with E-state index in [1.54, 1.807) is 6.07 Å². The van der Waals surface area contributed by atoms with Crippen molar-refractivity contribution in [2.45, 2.75) is 19.0 Å². The molecule has 2 aromatic rings. The molecule has 0 atom stereocenters. The van der Waals surface area contributed by atoms with E-state index in [2.05, 4.69) is 9.72 Å². The lowest BCUT2D eigenvalue weighted by molar-refractivity contribution is -0.274. The van der Waals surface area contributed by atoms with Gasteiger partial charge in [0.15, 0.2) is 0 Å². The molecule has 1 aromatic carbocycles. The van der Waals surface area contributed by atoms with Gasteiger partial charge in [0.1, 0.15) is 5.75 Å². The maximum atomic E-state index is 12.9. The van der Waals surface area contributed by atoms with E-state index in [1.165, 1.54) is 12.1 Å². The summed E-state index contributed by atoms with van der Waals surface area (Å²) >= 11 is 0. The molecule has 0 spiro atoms. The normalized spacial score (nSPS) is 11.9. The van der Waals surface area contributed by atoms with Crippen LogP contribution in [0.3, 0.4) is 0 Å². The number of benzene rings is 1. The molecule has 0 aliphatic rings. The molecule has 1 aromatic heterocycles. The predicted molar refractivity (Wildman–Crippen MR) is 70.7 cm³/mol.